The van der Waals surface area contributed by atoms with Crippen LogP contribution in [0.1, 0.15) is 36.2 Å². The molecule has 2 unspecified atom stereocenters. The summed E-state index contributed by atoms with van der Waals surface area (Å²) in [6.45, 7) is 0. The van der Waals surface area contributed by atoms with Gasteiger partial charge in [0, 0.05) is 6.20 Å². The summed E-state index contributed by atoms with van der Waals surface area (Å²) < 4.78 is 1.67. The lowest BCUT2D eigenvalue weighted by Crippen LogP contribution is -2.45. The van der Waals surface area contributed by atoms with Crippen LogP contribution in [-0.4, -0.2) is 32.9 Å². The second-order valence-corrected chi connectivity index (χ2v) is 5.41. The quantitative estimate of drug-likeness (QED) is 0.905. The van der Waals surface area contributed by atoms with Crippen molar-refractivity contribution in [3.05, 3.63) is 48.3 Å². The molecule has 1 amide bonds. The van der Waals surface area contributed by atoms with Gasteiger partial charge in [0.1, 0.15) is 0 Å². The van der Waals surface area contributed by atoms with Crippen molar-refractivity contribution in [2.24, 2.45) is 0 Å². The molecule has 21 heavy (non-hydrogen) atoms. The summed E-state index contributed by atoms with van der Waals surface area (Å²) in [6, 6.07) is 11.2. The molecule has 1 aromatic carbocycles. The summed E-state index contributed by atoms with van der Waals surface area (Å²) in [5.41, 5.74) is 1.28. The summed E-state index contributed by atoms with van der Waals surface area (Å²) in [4.78, 5) is 12.2. The van der Waals surface area contributed by atoms with Crippen LogP contribution in [0.2, 0.25) is 0 Å². The SMILES string of the molecule is O=C(NC1CCCCC1O)c1ccn(-c2ccccc2)n1. The van der Waals surface area contributed by atoms with Crippen LogP contribution in [-0.2, 0) is 0 Å². The number of para-hydroxylation sites is 1. The molecule has 0 spiro atoms. The molecule has 5 nitrogen and oxygen atoms in total. The van der Waals surface area contributed by atoms with Crippen molar-refractivity contribution in [2.75, 3.05) is 0 Å². The molecule has 1 aliphatic rings. The summed E-state index contributed by atoms with van der Waals surface area (Å²) in [5.74, 6) is -0.226. The minimum atomic E-state index is -0.445. The highest BCUT2D eigenvalue weighted by Crippen LogP contribution is 2.18. The molecule has 2 N–H and O–H groups in total. The Morgan fingerprint density at radius 3 is 2.71 bits per heavy atom. The van der Waals surface area contributed by atoms with E-state index in [2.05, 4.69) is 10.4 Å². The minimum absolute atomic E-state index is 0.159. The number of aliphatic hydroxyl groups excluding tert-OH is 1. The number of nitrogens with zero attached hydrogens (tertiary/aromatic N) is 2. The molecular formula is C16H19N3O2. The molecule has 0 radical (unpaired) electrons. The van der Waals surface area contributed by atoms with Crippen molar-refractivity contribution in [3.8, 4) is 5.69 Å². The molecule has 1 heterocycles. The summed E-state index contributed by atoms with van der Waals surface area (Å²) >= 11 is 0. The highest BCUT2D eigenvalue weighted by Gasteiger charge is 2.25. The van der Waals surface area contributed by atoms with E-state index in [1.807, 2.05) is 30.3 Å². The summed E-state index contributed by atoms with van der Waals surface area (Å²) in [6.07, 6.45) is 4.97. The fourth-order valence-electron chi connectivity index (χ4n) is 2.69. The third kappa shape index (κ3) is 3.13. The van der Waals surface area contributed by atoms with E-state index in [1.165, 1.54) is 0 Å². The minimum Gasteiger partial charge on any atom is -0.391 e. The van der Waals surface area contributed by atoms with Gasteiger partial charge in [-0.1, -0.05) is 31.0 Å². The molecular weight excluding hydrogens is 266 g/mol. The fraction of sp³-hybridized carbons (Fsp3) is 0.375. The van der Waals surface area contributed by atoms with Gasteiger partial charge in [0.2, 0.25) is 0 Å². The first-order chi connectivity index (χ1) is 10.2. The third-order valence-electron chi connectivity index (χ3n) is 3.89. The Morgan fingerprint density at radius 1 is 1.19 bits per heavy atom. The van der Waals surface area contributed by atoms with E-state index in [4.69, 9.17) is 0 Å². The number of carbonyl (C=O) groups is 1. The molecule has 1 saturated carbocycles. The van der Waals surface area contributed by atoms with E-state index >= 15 is 0 Å². The number of aliphatic hydroxyl groups is 1. The Morgan fingerprint density at radius 2 is 1.95 bits per heavy atom. The van der Waals surface area contributed by atoms with Crippen LogP contribution in [0.15, 0.2) is 42.6 Å². The van der Waals surface area contributed by atoms with Crippen molar-refractivity contribution >= 4 is 5.91 Å². The predicted octanol–water partition coefficient (Wildman–Crippen LogP) is 1.91. The van der Waals surface area contributed by atoms with Crippen molar-refractivity contribution in [3.63, 3.8) is 0 Å². The van der Waals surface area contributed by atoms with Gasteiger partial charge in [0.05, 0.1) is 17.8 Å². The van der Waals surface area contributed by atoms with Gasteiger partial charge >= 0.3 is 0 Å². The van der Waals surface area contributed by atoms with E-state index in [0.717, 1.165) is 31.4 Å². The Balaban J connectivity index is 1.69. The van der Waals surface area contributed by atoms with Crippen molar-refractivity contribution < 1.29 is 9.90 Å². The van der Waals surface area contributed by atoms with E-state index < -0.39 is 6.10 Å². The van der Waals surface area contributed by atoms with Crippen molar-refractivity contribution in [1.82, 2.24) is 15.1 Å². The summed E-state index contributed by atoms with van der Waals surface area (Å²) in [5, 5.41) is 17.1. The first-order valence-corrected chi connectivity index (χ1v) is 7.34. The van der Waals surface area contributed by atoms with Gasteiger partial charge in [-0.15, -0.1) is 0 Å². The zero-order valence-electron chi connectivity index (χ0n) is 11.8. The Bertz CT molecular complexity index is 609. The lowest BCUT2D eigenvalue weighted by Gasteiger charge is -2.27. The lowest BCUT2D eigenvalue weighted by atomic mass is 9.92. The molecule has 110 valence electrons. The zero-order chi connectivity index (χ0) is 14.7. The zero-order valence-corrected chi connectivity index (χ0v) is 11.8. The number of amides is 1. The molecule has 2 aromatic rings. The average Bonchev–Trinajstić information content (AvgIpc) is 3.00. The van der Waals surface area contributed by atoms with E-state index in [9.17, 15) is 9.90 Å². The molecule has 1 aromatic heterocycles. The topological polar surface area (TPSA) is 67.2 Å². The van der Waals surface area contributed by atoms with Crippen molar-refractivity contribution in [2.45, 2.75) is 37.8 Å². The van der Waals surface area contributed by atoms with Crippen LogP contribution in [0, 0.1) is 0 Å². The fourth-order valence-corrected chi connectivity index (χ4v) is 2.69. The number of nitrogens with one attached hydrogen (secondary N) is 1. The number of hydrogen-bond donors (Lipinski definition) is 2. The maximum Gasteiger partial charge on any atom is 0.272 e. The number of benzene rings is 1. The highest BCUT2D eigenvalue weighted by molar-refractivity contribution is 5.92. The monoisotopic (exact) mass is 285 g/mol. The van der Waals surface area contributed by atoms with Gasteiger partial charge in [-0.3, -0.25) is 4.79 Å². The average molecular weight is 285 g/mol. The van der Waals surface area contributed by atoms with Gasteiger partial charge < -0.3 is 10.4 Å². The van der Waals surface area contributed by atoms with Crippen LogP contribution >= 0.6 is 0 Å². The normalized spacial score (nSPS) is 22.0. The van der Waals surface area contributed by atoms with Crippen LogP contribution < -0.4 is 5.32 Å². The molecule has 1 fully saturated rings. The number of aromatic nitrogens is 2. The first-order valence-electron chi connectivity index (χ1n) is 7.34. The first kappa shape index (κ1) is 13.8. The number of hydrogen-bond acceptors (Lipinski definition) is 3. The Kier molecular flexibility index (Phi) is 4.01. The second-order valence-electron chi connectivity index (χ2n) is 5.41. The third-order valence-corrected chi connectivity index (χ3v) is 3.89. The van der Waals surface area contributed by atoms with E-state index in [1.54, 1.807) is 16.9 Å². The maximum absolute atomic E-state index is 12.2. The van der Waals surface area contributed by atoms with Gasteiger partial charge in [0.25, 0.3) is 5.91 Å². The van der Waals surface area contributed by atoms with Gasteiger partial charge in [-0.2, -0.15) is 5.10 Å². The molecule has 0 bridgehead atoms. The summed E-state index contributed by atoms with van der Waals surface area (Å²) in [7, 11) is 0. The lowest BCUT2D eigenvalue weighted by molar-refractivity contribution is 0.0713. The molecule has 0 aliphatic heterocycles. The number of carbonyl (C=O) groups excluding carboxylic acids is 1. The molecule has 5 heteroatoms. The van der Waals surface area contributed by atoms with Gasteiger partial charge in [-0.05, 0) is 31.0 Å². The van der Waals surface area contributed by atoms with Crippen LogP contribution in [0.5, 0.6) is 0 Å². The molecule has 3 rings (SSSR count). The van der Waals surface area contributed by atoms with E-state index in [0.29, 0.717) is 5.69 Å². The smallest absolute Gasteiger partial charge is 0.272 e. The molecule has 1 aliphatic carbocycles. The standard InChI is InChI=1S/C16H19N3O2/c20-15-9-5-4-8-13(15)17-16(21)14-10-11-19(18-14)12-6-2-1-3-7-12/h1-3,6-7,10-11,13,15,20H,4-5,8-9H2,(H,17,21). The highest BCUT2D eigenvalue weighted by atomic mass is 16.3. The van der Waals surface area contributed by atoms with Crippen LogP contribution in [0.25, 0.3) is 5.69 Å². The molecule has 0 saturated heterocycles. The van der Waals surface area contributed by atoms with Crippen LogP contribution in [0.3, 0.4) is 0 Å². The van der Waals surface area contributed by atoms with Gasteiger partial charge in [0.15, 0.2) is 5.69 Å². The predicted molar refractivity (Wildman–Crippen MR) is 79.3 cm³/mol. The maximum atomic E-state index is 12.2. The molecule has 2 atom stereocenters. The van der Waals surface area contributed by atoms with E-state index in [-0.39, 0.29) is 11.9 Å². The second kappa shape index (κ2) is 6.10. The number of rotatable bonds is 3. The Labute approximate surface area is 123 Å². The van der Waals surface area contributed by atoms with Crippen molar-refractivity contribution in [1.29, 1.82) is 0 Å². The Hall–Kier alpha value is -2.14. The van der Waals surface area contributed by atoms with Gasteiger partial charge in [-0.25, -0.2) is 4.68 Å². The largest absolute Gasteiger partial charge is 0.391 e. The van der Waals surface area contributed by atoms with Crippen LogP contribution in [0.4, 0.5) is 0 Å².